The average Bonchev–Trinajstić information content (AvgIpc) is 2.71. The van der Waals surface area contributed by atoms with Crippen molar-refractivity contribution in [3.8, 4) is 0 Å². The maximum Gasteiger partial charge on any atom is 0.234 e. The summed E-state index contributed by atoms with van der Waals surface area (Å²) >= 11 is 0. The second-order valence-corrected chi connectivity index (χ2v) is 7.72. The second-order valence-electron chi connectivity index (χ2n) is 7.72. The fourth-order valence-corrected chi connectivity index (χ4v) is 3.50. The molecule has 1 aliphatic rings. The van der Waals surface area contributed by atoms with Gasteiger partial charge in [0, 0.05) is 31.7 Å². The van der Waals surface area contributed by atoms with E-state index in [9.17, 15) is 9.18 Å². The van der Waals surface area contributed by atoms with Gasteiger partial charge in [0.15, 0.2) is 0 Å². The zero-order chi connectivity index (χ0) is 18.4. The fourth-order valence-electron chi connectivity index (χ4n) is 3.50. The Bertz CT molecular complexity index is 544. The van der Waals surface area contributed by atoms with Gasteiger partial charge in [-0.3, -0.25) is 14.6 Å². The Balaban J connectivity index is 2.02. The normalized spacial score (nSPS) is 20.0. The summed E-state index contributed by atoms with van der Waals surface area (Å²) in [7, 11) is 0. The van der Waals surface area contributed by atoms with Gasteiger partial charge in [0.25, 0.3) is 0 Å². The van der Waals surface area contributed by atoms with E-state index in [-0.39, 0.29) is 17.8 Å². The molecule has 0 aromatic heterocycles. The molecule has 1 unspecified atom stereocenters. The summed E-state index contributed by atoms with van der Waals surface area (Å²) in [4.78, 5) is 16.9. The second kappa shape index (κ2) is 9.30. The zero-order valence-electron chi connectivity index (χ0n) is 16.0. The van der Waals surface area contributed by atoms with Crippen LogP contribution < -0.4 is 5.32 Å². The minimum atomic E-state index is -0.192. The van der Waals surface area contributed by atoms with Crippen LogP contribution in [0.2, 0.25) is 0 Å². The van der Waals surface area contributed by atoms with Crippen molar-refractivity contribution < 1.29 is 9.18 Å². The van der Waals surface area contributed by atoms with Crippen molar-refractivity contribution in [2.75, 3.05) is 26.2 Å². The van der Waals surface area contributed by atoms with Crippen molar-refractivity contribution in [1.82, 2.24) is 15.1 Å². The molecule has 1 aliphatic heterocycles. The first-order valence-corrected chi connectivity index (χ1v) is 9.35. The van der Waals surface area contributed by atoms with E-state index in [1.165, 1.54) is 12.1 Å². The van der Waals surface area contributed by atoms with Crippen LogP contribution in [-0.2, 0) is 11.3 Å². The molecule has 140 valence electrons. The van der Waals surface area contributed by atoms with Crippen LogP contribution in [0.25, 0.3) is 0 Å². The lowest BCUT2D eigenvalue weighted by Gasteiger charge is -2.34. The average molecular weight is 349 g/mol. The van der Waals surface area contributed by atoms with E-state index in [1.54, 1.807) is 0 Å². The number of carbonyl (C=O) groups excluding carboxylic acids is 1. The Morgan fingerprint density at radius 2 is 1.88 bits per heavy atom. The van der Waals surface area contributed by atoms with Crippen molar-refractivity contribution >= 4 is 5.91 Å². The third kappa shape index (κ3) is 6.40. The van der Waals surface area contributed by atoms with Crippen molar-refractivity contribution in [3.05, 3.63) is 35.6 Å². The molecule has 0 spiro atoms. The highest BCUT2D eigenvalue weighted by Crippen LogP contribution is 2.20. The van der Waals surface area contributed by atoms with E-state index in [0.29, 0.717) is 18.5 Å². The van der Waals surface area contributed by atoms with Crippen LogP contribution in [-0.4, -0.2) is 54.0 Å². The Kier molecular flexibility index (Phi) is 7.38. The summed E-state index contributed by atoms with van der Waals surface area (Å²) in [5.74, 6) is 0.404. The lowest BCUT2D eigenvalue weighted by molar-refractivity contribution is -0.122. The van der Waals surface area contributed by atoms with Crippen molar-refractivity contribution in [1.29, 1.82) is 0 Å². The number of benzene rings is 1. The molecule has 1 aromatic carbocycles. The molecule has 2 rings (SSSR count). The van der Waals surface area contributed by atoms with Crippen LogP contribution in [0.5, 0.6) is 0 Å². The molecular formula is C20H32FN3O. The molecular weight excluding hydrogens is 317 g/mol. The van der Waals surface area contributed by atoms with Crippen LogP contribution in [0.4, 0.5) is 4.39 Å². The summed E-state index contributed by atoms with van der Waals surface area (Å²) in [5.41, 5.74) is 1.14. The maximum atomic E-state index is 13.1. The number of hydrogen-bond donors (Lipinski definition) is 1. The molecule has 25 heavy (non-hydrogen) atoms. The van der Waals surface area contributed by atoms with Crippen LogP contribution >= 0.6 is 0 Å². The van der Waals surface area contributed by atoms with Crippen molar-refractivity contribution in [2.45, 2.75) is 52.7 Å². The Morgan fingerprint density at radius 1 is 1.20 bits per heavy atom. The van der Waals surface area contributed by atoms with Gasteiger partial charge < -0.3 is 5.32 Å². The predicted molar refractivity (Wildman–Crippen MR) is 99.8 cm³/mol. The first kappa shape index (κ1) is 19.9. The summed E-state index contributed by atoms with van der Waals surface area (Å²) in [6.07, 6.45) is 1.04. The lowest BCUT2D eigenvalue weighted by atomic mass is 10.0. The molecule has 1 heterocycles. The number of carbonyl (C=O) groups is 1. The van der Waals surface area contributed by atoms with Gasteiger partial charge in [0.05, 0.1) is 6.54 Å². The minimum Gasteiger partial charge on any atom is -0.353 e. The van der Waals surface area contributed by atoms with Crippen LogP contribution in [0.15, 0.2) is 24.3 Å². The third-order valence-corrected chi connectivity index (χ3v) is 4.72. The van der Waals surface area contributed by atoms with Gasteiger partial charge >= 0.3 is 0 Å². The molecule has 1 aromatic rings. The fraction of sp³-hybridized carbons (Fsp3) is 0.650. The monoisotopic (exact) mass is 349 g/mol. The van der Waals surface area contributed by atoms with Gasteiger partial charge in [-0.25, -0.2) is 4.39 Å². The number of nitrogens with zero attached hydrogens (tertiary/aromatic N) is 2. The zero-order valence-corrected chi connectivity index (χ0v) is 16.0. The molecule has 1 fully saturated rings. The maximum absolute atomic E-state index is 13.1. The van der Waals surface area contributed by atoms with E-state index in [0.717, 1.165) is 38.2 Å². The SMILES string of the molecule is CC(C)NC(=O)CN1CCCN(Cc2ccc(F)cc2)C(C(C)C)C1. The standard InChI is InChI=1S/C20H32FN3O/c1-15(2)19-13-23(14-20(25)22-16(3)4)10-5-11-24(19)12-17-6-8-18(21)9-7-17/h6-9,15-16,19H,5,10-14H2,1-4H3,(H,22,25). The molecule has 0 aliphatic carbocycles. The molecule has 0 saturated carbocycles. The highest BCUT2D eigenvalue weighted by Gasteiger charge is 2.28. The summed E-state index contributed by atoms with van der Waals surface area (Å²) < 4.78 is 13.1. The van der Waals surface area contributed by atoms with Crippen molar-refractivity contribution in [3.63, 3.8) is 0 Å². The Labute approximate surface area is 151 Å². The van der Waals surface area contributed by atoms with Crippen LogP contribution in [0, 0.1) is 11.7 Å². The quantitative estimate of drug-likeness (QED) is 0.858. The highest BCUT2D eigenvalue weighted by atomic mass is 19.1. The number of amides is 1. The first-order valence-electron chi connectivity index (χ1n) is 9.35. The van der Waals surface area contributed by atoms with Gasteiger partial charge in [-0.1, -0.05) is 26.0 Å². The van der Waals surface area contributed by atoms with E-state index >= 15 is 0 Å². The largest absolute Gasteiger partial charge is 0.353 e. The molecule has 1 saturated heterocycles. The first-order chi connectivity index (χ1) is 11.8. The number of rotatable bonds is 6. The van der Waals surface area contributed by atoms with Gasteiger partial charge in [0.1, 0.15) is 5.82 Å². The molecule has 1 amide bonds. The Morgan fingerprint density at radius 3 is 2.48 bits per heavy atom. The smallest absolute Gasteiger partial charge is 0.234 e. The predicted octanol–water partition coefficient (Wildman–Crippen LogP) is 2.88. The van der Waals surface area contributed by atoms with E-state index in [1.807, 2.05) is 26.0 Å². The molecule has 5 heteroatoms. The molecule has 0 bridgehead atoms. The molecule has 0 radical (unpaired) electrons. The van der Waals surface area contributed by atoms with Crippen LogP contribution in [0.1, 0.15) is 39.7 Å². The number of hydrogen-bond acceptors (Lipinski definition) is 3. The van der Waals surface area contributed by atoms with Gasteiger partial charge in [-0.2, -0.15) is 0 Å². The molecule has 4 nitrogen and oxygen atoms in total. The van der Waals surface area contributed by atoms with Crippen molar-refractivity contribution in [2.24, 2.45) is 5.92 Å². The lowest BCUT2D eigenvalue weighted by Crippen LogP contribution is -2.47. The Hall–Kier alpha value is -1.46. The molecule has 1 atom stereocenters. The highest BCUT2D eigenvalue weighted by molar-refractivity contribution is 5.78. The van der Waals surface area contributed by atoms with Gasteiger partial charge in [-0.15, -0.1) is 0 Å². The summed E-state index contributed by atoms with van der Waals surface area (Å²) in [6, 6.07) is 7.35. The van der Waals surface area contributed by atoms with E-state index in [2.05, 4.69) is 29.0 Å². The van der Waals surface area contributed by atoms with E-state index in [4.69, 9.17) is 0 Å². The number of nitrogens with one attached hydrogen (secondary N) is 1. The topological polar surface area (TPSA) is 35.6 Å². The van der Waals surface area contributed by atoms with Gasteiger partial charge in [0.2, 0.25) is 5.91 Å². The van der Waals surface area contributed by atoms with Crippen LogP contribution in [0.3, 0.4) is 0 Å². The van der Waals surface area contributed by atoms with E-state index < -0.39 is 0 Å². The number of halogens is 1. The summed E-state index contributed by atoms with van der Waals surface area (Å²) in [6.45, 7) is 12.6. The minimum absolute atomic E-state index is 0.101. The third-order valence-electron chi connectivity index (χ3n) is 4.72. The van der Waals surface area contributed by atoms with Gasteiger partial charge in [-0.05, 0) is 50.4 Å². The summed E-state index contributed by atoms with van der Waals surface area (Å²) in [5, 5.41) is 2.98. The molecule has 1 N–H and O–H groups in total.